The van der Waals surface area contributed by atoms with Crippen molar-refractivity contribution in [2.75, 3.05) is 18.6 Å². The smallest absolute Gasteiger partial charge is 0.305 e. The zero-order valence-corrected chi connectivity index (χ0v) is 26.1. The number of carbonyl (C=O) groups is 5. The molecule has 0 radical (unpaired) electrons. The number of carboxylic acids is 1. The summed E-state index contributed by atoms with van der Waals surface area (Å²) >= 11 is 6.33. The van der Waals surface area contributed by atoms with E-state index in [0.717, 1.165) is 9.80 Å². The molecule has 4 aliphatic rings. The van der Waals surface area contributed by atoms with Crippen LogP contribution in [-0.4, -0.2) is 58.4 Å². The summed E-state index contributed by atoms with van der Waals surface area (Å²) < 4.78 is 5.54. The second-order valence-electron chi connectivity index (χ2n) is 12.5. The molecule has 10 nitrogen and oxygen atoms in total. The van der Waals surface area contributed by atoms with Gasteiger partial charge in [-0.25, -0.2) is 4.90 Å². The Morgan fingerprint density at radius 2 is 1.72 bits per heavy atom. The van der Waals surface area contributed by atoms with E-state index in [9.17, 15) is 29.4 Å². The Morgan fingerprint density at radius 3 is 2.43 bits per heavy atom. The summed E-state index contributed by atoms with van der Waals surface area (Å²) in [6, 6.07) is 20.2. The second kappa shape index (κ2) is 11.4. The number of aliphatic carboxylic acids is 1. The first-order valence-corrected chi connectivity index (χ1v) is 15.8. The molecule has 2 heterocycles. The summed E-state index contributed by atoms with van der Waals surface area (Å²) in [5, 5.41) is 21.1. The number of ether oxygens (including phenoxy) is 1. The number of likely N-dealkylation sites (tertiary alicyclic amines) is 1. The predicted octanol–water partition coefficient (Wildman–Crippen LogP) is 4.69. The van der Waals surface area contributed by atoms with E-state index in [-0.39, 0.29) is 31.6 Å². The van der Waals surface area contributed by atoms with Gasteiger partial charge in [0.25, 0.3) is 0 Å². The summed E-state index contributed by atoms with van der Waals surface area (Å²) in [7, 11) is 1.49. The molecule has 0 spiro atoms. The molecule has 6 atom stereocenters. The van der Waals surface area contributed by atoms with Crippen molar-refractivity contribution in [3.05, 3.63) is 101 Å². The number of allylic oxidation sites excluding steroid dienone is 2. The fourth-order valence-electron chi connectivity index (χ4n) is 8.47. The number of carbonyl (C=O) groups excluding carboxylic acids is 4. The maximum absolute atomic E-state index is 15.2. The Kier molecular flexibility index (Phi) is 7.43. The van der Waals surface area contributed by atoms with E-state index in [1.165, 1.54) is 13.2 Å². The van der Waals surface area contributed by atoms with Gasteiger partial charge >= 0.3 is 5.97 Å². The number of nitrogens with zero attached hydrogens (tertiary/aromatic N) is 2. The van der Waals surface area contributed by atoms with Crippen molar-refractivity contribution in [3.63, 3.8) is 0 Å². The Balaban J connectivity index is 1.48. The van der Waals surface area contributed by atoms with Crippen LogP contribution in [0.2, 0.25) is 5.02 Å². The van der Waals surface area contributed by atoms with Gasteiger partial charge in [0.15, 0.2) is 0 Å². The predicted molar refractivity (Wildman–Crippen MR) is 170 cm³/mol. The van der Waals surface area contributed by atoms with E-state index < -0.39 is 64.6 Å². The minimum absolute atomic E-state index is 0.0799. The highest BCUT2D eigenvalue weighted by molar-refractivity contribution is 6.32. The van der Waals surface area contributed by atoms with Crippen LogP contribution >= 0.6 is 11.6 Å². The standard InChI is InChI=1S/C36H31ClN2O8/c1-47-22-10-13-28(40)26(17-22)31-23-11-12-24-30(34(45)38(32(24)43)15-14-29(41)42)25(23)18-27-33(44)39(21-9-5-8-20(37)16-21)35(46)36(27,31)19-6-3-2-4-7-19/h2-11,13,16-17,24-25,27,30-31,40H,12,14-15,18H2,1H3,(H,41,42). The van der Waals surface area contributed by atoms with E-state index in [2.05, 4.69) is 0 Å². The van der Waals surface area contributed by atoms with Gasteiger partial charge in [-0.2, -0.15) is 0 Å². The van der Waals surface area contributed by atoms with Gasteiger partial charge in [-0.1, -0.05) is 59.6 Å². The number of hydrogen-bond donors (Lipinski definition) is 2. The van der Waals surface area contributed by atoms with E-state index in [1.54, 1.807) is 60.7 Å². The highest BCUT2D eigenvalue weighted by atomic mass is 35.5. The molecular weight excluding hydrogens is 624 g/mol. The molecule has 3 aromatic carbocycles. The lowest BCUT2D eigenvalue weighted by Gasteiger charge is -2.50. The number of halogens is 1. The minimum atomic E-state index is -1.55. The fraction of sp³-hybridized carbons (Fsp3) is 0.306. The van der Waals surface area contributed by atoms with Crippen molar-refractivity contribution in [2.45, 2.75) is 30.6 Å². The van der Waals surface area contributed by atoms with Crippen LogP contribution in [0.15, 0.2) is 84.4 Å². The minimum Gasteiger partial charge on any atom is -0.508 e. The largest absolute Gasteiger partial charge is 0.508 e. The van der Waals surface area contributed by atoms with Gasteiger partial charge in [0, 0.05) is 23.0 Å². The molecule has 7 rings (SSSR count). The average Bonchev–Trinajstić information content (AvgIpc) is 3.44. The third-order valence-electron chi connectivity index (χ3n) is 10.4. The van der Waals surface area contributed by atoms with Gasteiger partial charge < -0.3 is 14.9 Å². The molecule has 1 saturated carbocycles. The number of anilines is 1. The van der Waals surface area contributed by atoms with Gasteiger partial charge in [0.2, 0.25) is 23.6 Å². The molecular formula is C36H31ClN2O8. The van der Waals surface area contributed by atoms with Gasteiger partial charge in [0.1, 0.15) is 11.5 Å². The van der Waals surface area contributed by atoms with Crippen LogP contribution < -0.4 is 9.64 Å². The molecule has 3 fully saturated rings. The lowest BCUT2D eigenvalue weighted by molar-refractivity contribution is -0.142. The maximum Gasteiger partial charge on any atom is 0.305 e. The number of fused-ring (bicyclic) bond motifs is 4. The molecule has 6 unspecified atom stereocenters. The Labute approximate surface area is 275 Å². The van der Waals surface area contributed by atoms with Crippen LogP contribution in [0, 0.1) is 23.7 Å². The first-order chi connectivity index (χ1) is 22.6. The number of phenolic OH excluding ortho intramolecular Hbond substituents is 1. The van der Waals surface area contributed by atoms with Crippen molar-refractivity contribution in [1.82, 2.24) is 4.90 Å². The summed E-state index contributed by atoms with van der Waals surface area (Å²) in [5.41, 5.74) is 0.339. The maximum atomic E-state index is 15.2. The van der Waals surface area contributed by atoms with Crippen LogP contribution in [0.3, 0.4) is 0 Å². The number of aromatic hydroxyl groups is 1. The molecule has 240 valence electrons. The van der Waals surface area contributed by atoms with Crippen molar-refractivity contribution < 1.29 is 38.9 Å². The van der Waals surface area contributed by atoms with E-state index in [0.29, 0.717) is 33.2 Å². The summed E-state index contributed by atoms with van der Waals surface area (Å²) in [4.78, 5) is 70.9. The quantitative estimate of drug-likeness (QED) is 0.276. The van der Waals surface area contributed by atoms with Gasteiger partial charge in [-0.3, -0.25) is 28.9 Å². The Morgan fingerprint density at radius 1 is 0.957 bits per heavy atom. The normalized spacial score (nSPS) is 28.1. The number of imide groups is 2. The summed E-state index contributed by atoms with van der Waals surface area (Å²) in [6.45, 7) is -0.250. The number of hydrogen-bond acceptors (Lipinski definition) is 7. The number of methoxy groups -OCH3 is 1. The number of phenols is 1. The molecule has 4 amide bonds. The van der Waals surface area contributed by atoms with E-state index in [4.69, 9.17) is 16.3 Å². The number of benzene rings is 3. The lowest BCUT2D eigenvalue weighted by Crippen LogP contribution is -2.53. The van der Waals surface area contributed by atoms with Crippen molar-refractivity contribution >= 4 is 46.9 Å². The fourth-order valence-corrected chi connectivity index (χ4v) is 8.66. The SMILES string of the molecule is COc1ccc(O)c(C2C3=CCC4C(=O)N(CCC(=O)O)C(=O)C4C3CC3C(=O)N(c4cccc(Cl)c4)C(=O)C32c2ccccc2)c1. The zero-order chi connectivity index (χ0) is 33.2. The Bertz CT molecular complexity index is 1880. The number of amides is 4. The van der Waals surface area contributed by atoms with E-state index in [1.807, 2.05) is 12.1 Å². The first-order valence-electron chi connectivity index (χ1n) is 15.4. The van der Waals surface area contributed by atoms with Crippen molar-refractivity contribution in [3.8, 4) is 11.5 Å². The summed E-state index contributed by atoms with van der Waals surface area (Å²) in [6.07, 6.45) is 1.75. The van der Waals surface area contributed by atoms with E-state index >= 15 is 4.79 Å². The zero-order valence-electron chi connectivity index (χ0n) is 25.3. The Hall–Kier alpha value is -4.96. The first kappa shape index (κ1) is 30.7. The molecule has 0 bridgehead atoms. The molecule has 2 saturated heterocycles. The number of rotatable bonds is 7. The second-order valence-corrected chi connectivity index (χ2v) is 12.9. The molecule has 2 N–H and O–H groups in total. The van der Waals surface area contributed by atoms with Crippen molar-refractivity contribution in [2.24, 2.45) is 23.7 Å². The van der Waals surface area contributed by atoms with Crippen LogP contribution in [-0.2, 0) is 29.4 Å². The van der Waals surface area contributed by atoms with Gasteiger partial charge in [-0.05, 0) is 60.7 Å². The van der Waals surface area contributed by atoms with Crippen LogP contribution in [0.25, 0.3) is 0 Å². The molecule has 2 aliphatic carbocycles. The van der Waals surface area contributed by atoms with Crippen LogP contribution in [0.5, 0.6) is 11.5 Å². The highest BCUT2D eigenvalue weighted by Crippen LogP contribution is 2.65. The average molecular weight is 655 g/mol. The third-order valence-corrected chi connectivity index (χ3v) is 10.6. The summed E-state index contributed by atoms with van der Waals surface area (Å²) in [5.74, 6) is -6.88. The molecule has 3 aromatic rings. The van der Waals surface area contributed by atoms with Crippen LogP contribution in [0.1, 0.15) is 36.3 Å². The molecule has 2 aliphatic heterocycles. The molecule has 11 heteroatoms. The topological polar surface area (TPSA) is 142 Å². The third kappa shape index (κ3) is 4.49. The molecule has 47 heavy (non-hydrogen) atoms. The lowest BCUT2D eigenvalue weighted by atomic mass is 9.49. The highest BCUT2D eigenvalue weighted by Gasteiger charge is 2.70. The number of carboxylic acid groups (broad SMARTS) is 1. The van der Waals surface area contributed by atoms with Gasteiger partial charge in [-0.15, -0.1) is 0 Å². The van der Waals surface area contributed by atoms with Crippen LogP contribution in [0.4, 0.5) is 5.69 Å². The van der Waals surface area contributed by atoms with Crippen molar-refractivity contribution in [1.29, 1.82) is 0 Å². The molecule has 0 aromatic heterocycles. The van der Waals surface area contributed by atoms with Gasteiger partial charge in [0.05, 0.1) is 42.4 Å². The monoisotopic (exact) mass is 654 g/mol.